The average molecular weight is 319 g/mol. The number of fused-ring (bicyclic) bond motifs is 6. The first kappa shape index (κ1) is 15.7. The van der Waals surface area contributed by atoms with E-state index in [1.54, 1.807) is 22.3 Å². The van der Waals surface area contributed by atoms with E-state index in [1.807, 2.05) is 0 Å². The fraction of sp³-hybridized carbons (Fsp3) is 0.478. The second-order valence-electron chi connectivity index (χ2n) is 7.63. The summed E-state index contributed by atoms with van der Waals surface area (Å²) < 4.78 is 2.46. The number of rotatable bonds is 6. The molecule has 0 spiro atoms. The summed E-state index contributed by atoms with van der Waals surface area (Å²) in [6, 6.07) is 5.09. The molecule has 0 amide bonds. The van der Waals surface area contributed by atoms with Crippen LogP contribution in [0.15, 0.2) is 18.7 Å². The Morgan fingerprint density at radius 2 is 1.88 bits per heavy atom. The highest BCUT2D eigenvalue weighted by molar-refractivity contribution is 5.93. The number of unbranched alkanes of at least 4 members (excludes halogenated alkanes) is 1. The van der Waals surface area contributed by atoms with Crippen molar-refractivity contribution in [3.63, 3.8) is 0 Å². The summed E-state index contributed by atoms with van der Waals surface area (Å²) in [5.41, 5.74) is 13.5. The molecule has 0 radical (unpaired) electrons. The monoisotopic (exact) mass is 319 g/mol. The Labute approximate surface area is 146 Å². The van der Waals surface area contributed by atoms with Crippen molar-refractivity contribution in [2.45, 2.75) is 72.1 Å². The van der Waals surface area contributed by atoms with Crippen molar-refractivity contribution in [2.75, 3.05) is 0 Å². The van der Waals surface area contributed by atoms with E-state index in [0.717, 1.165) is 0 Å². The van der Waals surface area contributed by atoms with Crippen molar-refractivity contribution in [2.24, 2.45) is 0 Å². The predicted molar refractivity (Wildman–Crippen MR) is 104 cm³/mol. The summed E-state index contributed by atoms with van der Waals surface area (Å²) in [4.78, 5) is 0. The zero-order valence-corrected chi connectivity index (χ0v) is 15.5. The van der Waals surface area contributed by atoms with Crippen molar-refractivity contribution in [1.82, 2.24) is 4.57 Å². The summed E-state index contributed by atoms with van der Waals surface area (Å²) in [5.74, 6) is 0. The first-order chi connectivity index (χ1) is 11.7. The van der Waals surface area contributed by atoms with Gasteiger partial charge in [-0.25, -0.2) is 0 Å². The first-order valence-electron chi connectivity index (χ1n) is 9.76. The predicted octanol–water partition coefficient (Wildman–Crippen LogP) is 6.27. The number of aryl methyl sites for hydroxylation is 3. The lowest BCUT2D eigenvalue weighted by atomic mass is 9.90. The molecule has 3 aliphatic rings. The van der Waals surface area contributed by atoms with E-state index in [-0.39, 0.29) is 0 Å². The van der Waals surface area contributed by atoms with Crippen LogP contribution in [0.2, 0.25) is 0 Å². The van der Waals surface area contributed by atoms with E-state index < -0.39 is 0 Å². The van der Waals surface area contributed by atoms with Crippen molar-refractivity contribution < 1.29 is 0 Å². The highest BCUT2D eigenvalue weighted by atomic mass is 15.2. The van der Waals surface area contributed by atoms with Crippen molar-refractivity contribution in [3.8, 4) is 16.9 Å². The minimum absolute atomic E-state index is 1.21. The fourth-order valence-corrected chi connectivity index (χ4v) is 4.50. The molecule has 0 aromatic heterocycles. The van der Waals surface area contributed by atoms with Gasteiger partial charge in [-0.05, 0) is 73.8 Å². The van der Waals surface area contributed by atoms with Gasteiger partial charge in [-0.1, -0.05) is 39.3 Å². The number of nitrogens with zero attached hydrogens (tertiary/aromatic N) is 1. The maximum Gasteiger partial charge on any atom is 0.0759 e. The summed E-state index contributed by atoms with van der Waals surface area (Å²) in [6.07, 6.45) is 10.0. The van der Waals surface area contributed by atoms with Gasteiger partial charge in [0.2, 0.25) is 0 Å². The molecule has 0 fully saturated rings. The van der Waals surface area contributed by atoms with Crippen LogP contribution in [-0.2, 0) is 25.7 Å². The second-order valence-corrected chi connectivity index (χ2v) is 7.63. The molecule has 1 aromatic rings. The van der Waals surface area contributed by atoms with Crippen LogP contribution in [-0.4, -0.2) is 4.57 Å². The molecule has 0 saturated carbocycles. The van der Waals surface area contributed by atoms with E-state index in [0.29, 0.717) is 0 Å². The van der Waals surface area contributed by atoms with Crippen LogP contribution in [0.5, 0.6) is 0 Å². The minimum Gasteiger partial charge on any atom is -0.305 e. The van der Waals surface area contributed by atoms with E-state index >= 15 is 0 Å². The maximum atomic E-state index is 4.16. The van der Waals surface area contributed by atoms with Crippen LogP contribution >= 0.6 is 0 Å². The number of benzene rings is 1. The van der Waals surface area contributed by atoms with Gasteiger partial charge in [0.05, 0.1) is 17.1 Å². The van der Waals surface area contributed by atoms with E-state index in [4.69, 9.17) is 0 Å². The molecule has 126 valence electrons. The molecule has 0 bridgehead atoms. The van der Waals surface area contributed by atoms with Gasteiger partial charge in [0.15, 0.2) is 0 Å². The molecule has 2 aliphatic heterocycles. The van der Waals surface area contributed by atoms with Crippen molar-refractivity contribution in [3.05, 3.63) is 46.7 Å². The number of aromatic nitrogens is 1. The van der Waals surface area contributed by atoms with Crippen LogP contribution in [0.1, 0.15) is 74.4 Å². The van der Waals surface area contributed by atoms with Crippen LogP contribution in [0, 0.1) is 0 Å². The van der Waals surface area contributed by atoms with Gasteiger partial charge in [-0.3, -0.25) is 0 Å². The molecular formula is C23H29N. The zero-order valence-electron chi connectivity index (χ0n) is 15.5. The summed E-state index contributed by atoms with van der Waals surface area (Å²) >= 11 is 0. The van der Waals surface area contributed by atoms with Gasteiger partial charge in [0.1, 0.15) is 0 Å². The Kier molecular flexibility index (Phi) is 3.90. The third-order valence-corrected chi connectivity index (χ3v) is 5.69. The van der Waals surface area contributed by atoms with Gasteiger partial charge < -0.3 is 4.57 Å². The molecule has 0 unspecified atom stereocenters. The Balaban J connectivity index is 1.81. The van der Waals surface area contributed by atoms with E-state index in [2.05, 4.69) is 44.0 Å². The van der Waals surface area contributed by atoms with Crippen LogP contribution in [0.3, 0.4) is 0 Å². The lowest BCUT2D eigenvalue weighted by Crippen LogP contribution is -2.03. The van der Waals surface area contributed by atoms with Gasteiger partial charge in [0.25, 0.3) is 0 Å². The molecule has 2 heterocycles. The molecule has 0 atom stereocenters. The second kappa shape index (κ2) is 5.95. The largest absolute Gasteiger partial charge is 0.305 e. The summed E-state index contributed by atoms with van der Waals surface area (Å²) in [5, 5.41) is 0. The Bertz CT molecular complexity index is 819. The fourth-order valence-electron chi connectivity index (χ4n) is 4.50. The summed E-state index contributed by atoms with van der Waals surface area (Å²) in [6.45, 7) is 10.9. The van der Waals surface area contributed by atoms with Gasteiger partial charge in [-0.15, -0.1) is 0 Å². The Morgan fingerprint density at radius 1 is 1.08 bits per heavy atom. The van der Waals surface area contributed by atoms with Crippen LogP contribution in [0.25, 0.3) is 22.5 Å². The van der Waals surface area contributed by atoms with Crippen LogP contribution in [0.4, 0.5) is 0 Å². The molecule has 1 aliphatic carbocycles. The minimum atomic E-state index is 1.21. The van der Waals surface area contributed by atoms with Crippen molar-refractivity contribution >= 4 is 5.57 Å². The lowest BCUT2D eigenvalue weighted by molar-refractivity contribution is 0.776. The topological polar surface area (TPSA) is 4.93 Å². The maximum absolute atomic E-state index is 4.16. The van der Waals surface area contributed by atoms with Crippen molar-refractivity contribution in [1.29, 1.82) is 0 Å². The number of allylic oxidation sites excluding steroid dienone is 1. The highest BCUT2D eigenvalue weighted by Gasteiger charge is 2.39. The molecule has 1 aromatic carbocycles. The SMILES string of the molecule is C=C(C)c1c2c3c(n1-2)-c1cc(CCC)c(CCCC)cc1CCC3. The quantitative estimate of drug-likeness (QED) is 0.504. The lowest BCUT2D eigenvalue weighted by Gasteiger charge is -2.18. The van der Waals surface area contributed by atoms with Gasteiger partial charge in [0, 0.05) is 11.1 Å². The summed E-state index contributed by atoms with van der Waals surface area (Å²) in [7, 11) is 0. The Morgan fingerprint density at radius 3 is 2.58 bits per heavy atom. The average Bonchev–Trinajstić information content (AvgIpc) is 3.23. The number of hydrogen-bond acceptors (Lipinski definition) is 0. The molecule has 0 N–H and O–H groups in total. The highest BCUT2D eigenvalue weighted by Crippen LogP contribution is 2.53. The molecule has 1 heteroatoms. The molecule has 4 rings (SSSR count). The third kappa shape index (κ3) is 2.29. The standard InChI is InChI=1S/C23H29N/c1-5-7-10-17-13-18-11-8-12-19-22(20(18)14-16(17)9-6-2)24-21(15(3)4)23(19)24/h13-14H,3,5-12H2,1-2,4H3. The van der Waals surface area contributed by atoms with Crippen LogP contribution < -0.4 is 0 Å². The van der Waals surface area contributed by atoms with Gasteiger partial charge >= 0.3 is 0 Å². The van der Waals surface area contributed by atoms with E-state index in [9.17, 15) is 0 Å². The number of hydrogen-bond donors (Lipinski definition) is 0. The zero-order chi connectivity index (χ0) is 16.8. The molecule has 24 heavy (non-hydrogen) atoms. The molecule has 0 saturated heterocycles. The Hall–Kier alpha value is -1.76. The molecule has 1 nitrogen and oxygen atoms in total. The molecular weight excluding hydrogens is 290 g/mol. The van der Waals surface area contributed by atoms with Gasteiger partial charge in [-0.2, -0.15) is 0 Å². The third-order valence-electron chi connectivity index (χ3n) is 5.69. The first-order valence-corrected chi connectivity index (χ1v) is 9.76. The smallest absolute Gasteiger partial charge is 0.0759 e. The normalized spacial score (nSPS) is 14.1. The van der Waals surface area contributed by atoms with E-state index in [1.165, 1.54) is 79.6 Å².